The summed E-state index contributed by atoms with van der Waals surface area (Å²) in [5.41, 5.74) is 2.78. The first-order valence-electron chi connectivity index (χ1n) is 9.98. The standard InChI is InChI=1S/C22H21Cl3N4O2S/c1-14-12-21(15(2)11-18(14)24)32(30,31)29-9-7-28(8-10-29)22-6-5-20(26-27-22)17-4-3-16(23)13-19(17)25/h3-6,11-13H,7-10H2,1-2H3. The Bertz CT molecular complexity index is 1260. The Labute approximate surface area is 202 Å². The predicted molar refractivity (Wildman–Crippen MR) is 129 cm³/mol. The largest absolute Gasteiger partial charge is 0.352 e. The minimum Gasteiger partial charge on any atom is -0.352 e. The summed E-state index contributed by atoms with van der Waals surface area (Å²) in [5, 5.41) is 10.2. The normalized spacial score (nSPS) is 15.2. The summed E-state index contributed by atoms with van der Waals surface area (Å²) in [7, 11) is -3.60. The van der Waals surface area contributed by atoms with Gasteiger partial charge in [0.25, 0.3) is 0 Å². The maximum absolute atomic E-state index is 13.2. The monoisotopic (exact) mass is 510 g/mol. The first kappa shape index (κ1) is 23.3. The van der Waals surface area contributed by atoms with Gasteiger partial charge in [-0.25, -0.2) is 8.42 Å². The van der Waals surface area contributed by atoms with Gasteiger partial charge in [-0.15, -0.1) is 10.2 Å². The SMILES string of the molecule is Cc1cc(S(=O)(=O)N2CCN(c3ccc(-c4ccc(Cl)cc4Cl)nn3)CC2)c(C)cc1Cl. The molecule has 3 aromatic rings. The molecule has 1 aliphatic rings. The molecule has 4 rings (SSSR count). The Kier molecular flexibility index (Phi) is 6.66. The minimum atomic E-state index is -3.60. The highest BCUT2D eigenvalue weighted by molar-refractivity contribution is 7.89. The van der Waals surface area contributed by atoms with E-state index in [0.29, 0.717) is 63.2 Å². The average Bonchev–Trinajstić information content (AvgIpc) is 2.76. The van der Waals surface area contributed by atoms with Gasteiger partial charge in [0.1, 0.15) is 0 Å². The number of anilines is 1. The van der Waals surface area contributed by atoms with Gasteiger partial charge in [-0.3, -0.25) is 0 Å². The first-order valence-corrected chi connectivity index (χ1v) is 12.6. The van der Waals surface area contributed by atoms with E-state index in [1.54, 1.807) is 44.2 Å². The number of halogens is 3. The van der Waals surface area contributed by atoms with E-state index < -0.39 is 10.0 Å². The molecule has 168 valence electrons. The molecule has 10 heteroatoms. The van der Waals surface area contributed by atoms with E-state index in [1.165, 1.54) is 4.31 Å². The van der Waals surface area contributed by atoms with Gasteiger partial charge in [0, 0.05) is 41.8 Å². The zero-order chi connectivity index (χ0) is 23.0. The molecule has 1 aromatic heterocycles. The summed E-state index contributed by atoms with van der Waals surface area (Å²) in [6.07, 6.45) is 0. The van der Waals surface area contributed by atoms with Crippen LogP contribution in [0.15, 0.2) is 47.4 Å². The fourth-order valence-corrected chi connectivity index (χ4v) is 6.10. The molecule has 32 heavy (non-hydrogen) atoms. The van der Waals surface area contributed by atoms with Crippen LogP contribution in [0.5, 0.6) is 0 Å². The van der Waals surface area contributed by atoms with Crippen molar-refractivity contribution in [3.63, 3.8) is 0 Å². The second-order valence-corrected chi connectivity index (χ2v) is 10.8. The number of nitrogens with zero attached hydrogens (tertiary/aromatic N) is 4. The average molecular weight is 512 g/mol. The molecule has 0 unspecified atom stereocenters. The van der Waals surface area contributed by atoms with Crippen LogP contribution >= 0.6 is 34.8 Å². The van der Waals surface area contributed by atoms with Crippen molar-refractivity contribution in [1.29, 1.82) is 0 Å². The van der Waals surface area contributed by atoms with Crippen molar-refractivity contribution >= 4 is 50.6 Å². The third-order valence-electron chi connectivity index (χ3n) is 5.49. The second kappa shape index (κ2) is 9.15. The maximum Gasteiger partial charge on any atom is 0.243 e. The highest BCUT2D eigenvalue weighted by atomic mass is 35.5. The van der Waals surface area contributed by atoms with E-state index in [1.807, 2.05) is 17.0 Å². The van der Waals surface area contributed by atoms with Crippen LogP contribution in [0.25, 0.3) is 11.3 Å². The Morgan fingerprint density at radius 1 is 0.812 bits per heavy atom. The molecule has 0 amide bonds. The molecule has 0 spiro atoms. The van der Waals surface area contributed by atoms with Crippen LogP contribution in [0.2, 0.25) is 15.1 Å². The summed E-state index contributed by atoms with van der Waals surface area (Å²) in [6.45, 7) is 5.31. The Balaban J connectivity index is 1.47. The molecule has 1 fully saturated rings. The molecule has 1 aliphatic heterocycles. The summed E-state index contributed by atoms with van der Waals surface area (Å²) in [6, 6.07) is 12.3. The third-order valence-corrected chi connectivity index (χ3v) is 8.49. The summed E-state index contributed by atoms with van der Waals surface area (Å²) < 4.78 is 27.9. The van der Waals surface area contributed by atoms with Gasteiger partial charge in [-0.1, -0.05) is 34.8 Å². The van der Waals surface area contributed by atoms with E-state index in [4.69, 9.17) is 34.8 Å². The molecule has 0 N–H and O–H groups in total. The van der Waals surface area contributed by atoms with Gasteiger partial charge in [0.05, 0.1) is 15.6 Å². The van der Waals surface area contributed by atoms with Gasteiger partial charge >= 0.3 is 0 Å². The third kappa shape index (κ3) is 4.58. The maximum atomic E-state index is 13.2. The fraction of sp³-hybridized carbons (Fsp3) is 0.273. The fourth-order valence-electron chi connectivity index (χ4n) is 3.66. The van der Waals surface area contributed by atoms with Crippen LogP contribution in [0.4, 0.5) is 5.82 Å². The van der Waals surface area contributed by atoms with Gasteiger partial charge in [-0.2, -0.15) is 4.31 Å². The number of rotatable bonds is 4. The van der Waals surface area contributed by atoms with Crippen molar-refractivity contribution in [3.8, 4) is 11.3 Å². The van der Waals surface area contributed by atoms with Crippen molar-refractivity contribution in [2.45, 2.75) is 18.7 Å². The molecule has 2 aromatic carbocycles. The number of hydrogen-bond acceptors (Lipinski definition) is 5. The molecule has 0 bridgehead atoms. The number of hydrogen-bond donors (Lipinski definition) is 0. The highest BCUT2D eigenvalue weighted by Crippen LogP contribution is 2.30. The first-order chi connectivity index (χ1) is 15.2. The minimum absolute atomic E-state index is 0.303. The van der Waals surface area contributed by atoms with Gasteiger partial charge in [0.15, 0.2) is 5.82 Å². The number of aromatic nitrogens is 2. The number of piperazine rings is 1. The molecule has 0 aliphatic carbocycles. The highest BCUT2D eigenvalue weighted by Gasteiger charge is 2.30. The topological polar surface area (TPSA) is 66.4 Å². The lowest BCUT2D eigenvalue weighted by Crippen LogP contribution is -2.49. The van der Waals surface area contributed by atoms with Gasteiger partial charge < -0.3 is 4.90 Å². The number of benzene rings is 2. The quantitative estimate of drug-likeness (QED) is 0.480. The second-order valence-electron chi connectivity index (χ2n) is 7.66. The molecule has 0 atom stereocenters. The number of aryl methyl sites for hydroxylation is 2. The van der Waals surface area contributed by atoms with Crippen LogP contribution in [0.1, 0.15) is 11.1 Å². The van der Waals surface area contributed by atoms with Crippen LogP contribution in [-0.2, 0) is 10.0 Å². The molecular formula is C22H21Cl3N4O2S. The van der Waals surface area contributed by atoms with Crippen molar-refractivity contribution < 1.29 is 8.42 Å². The summed E-state index contributed by atoms with van der Waals surface area (Å²) in [4.78, 5) is 2.32. The van der Waals surface area contributed by atoms with Gasteiger partial charge in [-0.05, 0) is 67.4 Å². The zero-order valence-corrected chi connectivity index (χ0v) is 20.6. The lowest BCUT2D eigenvalue weighted by Gasteiger charge is -2.34. The number of sulfonamides is 1. The van der Waals surface area contributed by atoms with E-state index in [2.05, 4.69) is 10.2 Å². The Morgan fingerprint density at radius 2 is 1.53 bits per heavy atom. The zero-order valence-electron chi connectivity index (χ0n) is 17.5. The van der Waals surface area contributed by atoms with Crippen molar-refractivity contribution in [3.05, 3.63) is 68.7 Å². The van der Waals surface area contributed by atoms with Crippen LogP contribution in [-0.4, -0.2) is 49.1 Å². The lowest BCUT2D eigenvalue weighted by atomic mass is 10.1. The van der Waals surface area contributed by atoms with Gasteiger partial charge in [0.2, 0.25) is 10.0 Å². The molecule has 1 saturated heterocycles. The molecule has 6 nitrogen and oxygen atoms in total. The predicted octanol–water partition coefficient (Wildman–Crippen LogP) is 5.23. The Hall–Kier alpha value is -1.90. The molecule has 2 heterocycles. The van der Waals surface area contributed by atoms with Crippen LogP contribution < -0.4 is 4.90 Å². The molecule has 0 saturated carbocycles. The smallest absolute Gasteiger partial charge is 0.243 e. The van der Waals surface area contributed by atoms with Crippen LogP contribution in [0, 0.1) is 13.8 Å². The summed E-state index contributed by atoms with van der Waals surface area (Å²) >= 11 is 18.3. The van der Waals surface area contributed by atoms with Crippen molar-refractivity contribution in [2.75, 3.05) is 31.1 Å². The molecular weight excluding hydrogens is 491 g/mol. The Morgan fingerprint density at radius 3 is 2.16 bits per heavy atom. The lowest BCUT2D eigenvalue weighted by molar-refractivity contribution is 0.383. The van der Waals surface area contributed by atoms with Crippen molar-refractivity contribution in [2.24, 2.45) is 0 Å². The van der Waals surface area contributed by atoms with E-state index in [0.717, 1.165) is 11.1 Å². The van der Waals surface area contributed by atoms with E-state index in [-0.39, 0.29) is 0 Å². The summed E-state index contributed by atoms with van der Waals surface area (Å²) in [5.74, 6) is 0.689. The van der Waals surface area contributed by atoms with Crippen molar-refractivity contribution in [1.82, 2.24) is 14.5 Å². The molecule has 0 radical (unpaired) electrons. The van der Waals surface area contributed by atoms with Crippen LogP contribution in [0.3, 0.4) is 0 Å². The van der Waals surface area contributed by atoms with E-state index in [9.17, 15) is 8.42 Å². The van der Waals surface area contributed by atoms with E-state index >= 15 is 0 Å².